The van der Waals surface area contributed by atoms with Gasteiger partial charge in [-0.1, -0.05) is 18.5 Å². The van der Waals surface area contributed by atoms with Crippen molar-refractivity contribution in [3.63, 3.8) is 0 Å². The Balaban J connectivity index is 1.93. The first-order chi connectivity index (χ1) is 10.6. The molecule has 0 atom stereocenters. The Morgan fingerprint density at radius 2 is 1.95 bits per heavy atom. The second-order valence-electron chi connectivity index (χ2n) is 5.23. The van der Waals surface area contributed by atoms with Crippen LogP contribution in [0.25, 0.3) is 0 Å². The lowest BCUT2D eigenvalue weighted by Crippen LogP contribution is -2.42. The first-order valence-corrected chi connectivity index (χ1v) is 7.93. The Hall–Kier alpha value is -1.82. The van der Waals surface area contributed by atoms with Gasteiger partial charge in [0.2, 0.25) is 0 Å². The molecule has 2 rings (SSSR count). The summed E-state index contributed by atoms with van der Waals surface area (Å²) in [6.45, 7) is 5.07. The Kier molecular flexibility index (Phi) is 6.00. The van der Waals surface area contributed by atoms with Crippen molar-refractivity contribution in [2.45, 2.75) is 19.8 Å². The molecule has 1 aromatic heterocycles. The first-order valence-electron chi connectivity index (χ1n) is 7.55. The van der Waals surface area contributed by atoms with E-state index >= 15 is 0 Å². The monoisotopic (exact) mass is 324 g/mol. The Labute approximate surface area is 135 Å². The maximum absolute atomic E-state index is 12.4. The molecule has 0 bridgehead atoms. The first kappa shape index (κ1) is 16.5. The fraction of sp³-hybridized carbons (Fsp3) is 0.533. The maximum atomic E-state index is 12.4. The molecule has 0 aliphatic carbocycles. The molecule has 1 aliphatic heterocycles. The molecule has 0 saturated carbocycles. The van der Waals surface area contributed by atoms with Crippen LogP contribution in [0.5, 0.6) is 0 Å². The third-order valence-electron chi connectivity index (χ3n) is 3.57. The fourth-order valence-corrected chi connectivity index (χ4v) is 2.46. The lowest BCUT2D eigenvalue weighted by atomic mass is 10.2. The summed E-state index contributed by atoms with van der Waals surface area (Å²) < 4.78 is 0. The minimum absolute atomic E-state index is 0.0516. The van der Waals surface area contributed by atoms with Gasteiger partial charge in [0.05, 0.1) is 5.56 Å². The summed E-state index contributed by atoms with van der Waals surface area (Å²) in [5, 5.41) is 3.24. The van der Waals surface area contributed by atoms with Crippen molar-refractivity contribution in [1.29, 1.82) is 0 Å². The lowest BCUT2D eigenvalue weighted by Gasteiger charge is -2.22. The van der Waals surface area contributed by atoms with E-state index in [0.29, 0.717) is 43.4 Å². The smallest absolute Gasteiger partial charge is 0.317 e. The third-order valence-corrected chi connectivity index (χ3v) is 3.79. The van der Waals surface area contributed by atoms with Gasteiger partial charge in [-0.2, -0.15) is 0 Å². The quantitative estimate of drug-likeness (QED) is 0.865. The number of hydrogen-bond acceptors (Lipinski definition) is 3. The zero-order chi connectivity index (χ0) is 15.9. The third kappa shape index (κ3) is 4.34. The van der Waals surface area contributed by atoms with Gasteiger partial charge in [-0.25, -0.2) is 9.78 Å². The second kappa shape index (κ2) is 7.98. The number of urea groups is 1. The van der Waals surface area contributed by atoms with Crippen LogP contribution in [0.15, 0.2) is 18.3 Å². The summed E-state index contributed by atoms with van der Waals surface area (Å²) in [5.41, 5.74) is 0.522. The number of nitrogens with zero attached hydrogens (tertiary/aromatic N) is 3. The summed E-state index contributed by atoms with van der Waals surface area (Å²) in [6.07, 6.45) is 3.17. The van der Waals surface area contributed by atoms with E-state index in [2.05, 4.69) is 10.3 Å². The number of hydrogen-bond donors (Lipinski definition) is 1. The van der Waals surface area contributed by atoms with Gasteiger partial charge >= 0.3 is 6.03 Å². The zero-order valence-electron chi connectivity index (χ0n) is 12.7. The normalized spacial score (nSPS) is 15.4. The largest absolute Gasteiger partial charge is 0.338 e. The number of amides is 3. The van der Waals surface area contributed by atoms with E-state index in [1.54, 1.807) is 21.9 Å². The summed E-state index contributed by atoms with van der Waals surface area (Å²) in [7, 11) is 0. The molecule has 1 aliphatic rings. The highest BCUT2D eigenvalue weighted by molar-refractivity contribution is 6.29. The van der Waals surface area contributed by atoms with Crippen LogP contribution in [0.1, 0.15) is 30.1 Å². The number of aromatic nitrogens is 1. The topological polar surface area (TPSA) is 65.5 Å². The van der Waals surface area contributed by atoms with Gasteiger partial charge in [-0.05, 0) is 25.0 Å². The van der Waals surface area contributed by atoms with Crippen LogP contribution in [0.4, 0.5) is 4.79 Å². The van der Waals surface area contributed by atoms with Crippen LogP contribution >= 0.6 is 11.6 Å². The van der Waals surface area contributed by atoms with Gasteiger partial charge in [0.15, 0.2) is 0 Å². The Bertz CT molecular complexity index is 521. The van der Waals surface area contributed by atoms with E-state index in [0.717, 1.165) is 12.8 Å². The number of pyridine rings is 1. The van der Waals surface area contributed by atoms with E-state index in [-0.39, 0.29) is 11.9 Å². The molecule has 1 aromatic rings. The molecule has 1 saturated heterocycles. The summed E-state index contributed by atoms with van der Waals surface area (Å²) in [6, 6.07) is 3.23. The molecular weight excluding hydrogens is 304 g/mol. The minimum Gasteiger partial charge on any atom is -0.338 e. The zero-order valence-corrected chi connectivity index (χ0v) is 13.5. The standard InChI is InChI=1S/C15H21ClN4O2/c1-2-6-17-15(22)20-8-3-7-19(9-10-20)14(21)12-4-5-13(16)18-11-12/h4-5,11H,2-3,6-10H2,1H3,(H,17,22). The molecule has 7 heteroatoms. The van der Waals surface area contributed by atoms with Gasteiger partial charge in [-0.3, -0.25) is 4.79 Å². The maximum Gasteiger partial charge on any atom is 0.317 e. The van der Waals surface area contributed by atoms with Crippen LogP contribution in [0.2, 0.25) is 5.15 Å². The van der Waals surface area contributed by atoms with E-state index in [4.69, 9.17) is 11.6 Å². The number of nitrogens with one attached hydrogen (secondary N) is 1. The van der Waals surface area contributed by atoms with Crippen molar-refractivity contribution in [2.24, 2.45) is 0 Å². The molecule has 120 valence electrons. The van der Waals surface area contributed by atoms with Gasteiger partial charge in [0.25, 0.3) is 5.91 Å². The average molecular weight is 325 g/mol. The molecule has 1 N–H and O–H groups in total. The molecule has 0 unspecified atom stereocenters. The molecule has 0 aromatic carbocycles. The van der Waals surface area contributed by atoms with Gasteiger partial charge in [-0.15, -0.1) is 0 Å². The van der Waals surface area contributed by atoms with Crippen molar-refractivity contribution in [3.05, 3.63) is 29.0 Å². The van der Waals surface area contributed by atoms with E-state index in [9.17, 15) is 9.59 Å². The van der Waals surface area contributed by atoms with Crippen LogP contribution in [-0.4, -0.2) is 59.4 Å². The number of rotatable bonds is 3. The number of carbonyl (C=O) groups is 2. The van der Waals surface area contributed by atoms with Crippen LogP contribution in [0, 0.1) is 0 Å². The molecule has 0 spiro atoms. The van der Waals surface area contributed by atoms with Crippen LogP contribution < -0.4 is 5.32 Å². The number of halogens is 1. The summed E-state index contributed by atoms with van der Waals surface area (Å²) >= 11 is 5.74. The van der Waals surface area contributed by atoms with E-state index in [1.807, 2.05) is 6.92 Å². The molecule has 2 heterocycles. The van der Waals surface area contributed by atoms with Gasteiger partial charge in [0.1, 0.15) is 5.15 Å². The molecule has 0 radical (unpaired) electrons. The summed E-state index contributed by atoms with van der Waals surface area (Å²) in [5.74, 6) is -0.0695. The lowest BCUT2D eigenvalue weighted by molar-refractivity contribution is 0.0762. The predicted octanol–water partition coefficient (Wildman–Crippen LogP) is 2.00. The predicted molar refractivity (Wildman–Crippen MR) is 85.0 cm³/mol. The summed E-state index contributed by atoms with van der Waals surface area (Å²) in [4.78, 5) is 31.9. The minimum atomic E-state index is -0.0695. The highest BCUT2D eigenvalue weighted by atomic mass is 35.5. The Morgan fingerprint density at radius 1 is 1.23 bits per heavy atom. The molecule has 22 heavy (non-hydrogen) atoms. The highest BCUT2D eigenvalue weighted by Gasteiger charge is 2.22. The molecular formula is C15H21ClN4O2. The molecule has 3 amide bonds. The van der Waals surface area contributed by atoms with Gasteiger partial charge in [0, 0.05) is 38.9 Å². The number of carbonyl (C=O) groups excluding carboxylic acids is 2. The highest BCUT2D eigenvalue weighted by Crippen LogP contribution is 2.11. The fourth-order valence-electron chi connectivity index (χ4n) is 2.35. The second-order valence-corrected chi connectivity index (χ2v) is 5.62. The van der Waals surface area contributed by atoms with Crippen molar-refractivity contribution < 1.29 is 9.59 Å². The van der Waals surface area contributed by atoms with E-state index < -0.39 is 0 Å². The van der Waals surface area contributed by atoms with Crippen molar-refractivity contribution in [3.8, 4) is 0 Å². The average Bonchev–Trinajstić information content (AvgIpc) is 2.78. The van der Waals surface area contributed by atoms with Crippen LogP contribution in [0.3, 0.4) is 0 Å². The van der Waals surface area contributed by atoms with Crippen molar-refractivity contribution in [2.75, 3.05) is 32.7 Å². The van der Waals surface area contributed by atoms with Crippen molar-refractivity contribution in [1.82, 2.24) is 20.1 Å². The van der Waals surface area contributed by atoms with Crippen molar-refractivity contribution >= 4 is 23.5 Å². The van der Waals surface area contributed by atoms with Gasteiger partial charge < -0.3 is 15.1 Å². The van der Waals surface area contributed by atoms with Crippen LogP contribution in [-0.2, 0) is 0 Å². The molecule has 1 fully saturated rings. The molecule has 6 nitrogen and oxygen atoms in total. The SMILES string of the molecule is CCCNC(=O)N1CCCN(C(=O)c2ccc(Cl)nc2)CC1. The Morgan fingerprint density at radius 3 is 2.64 bits per heavy atom. The van der Waals surface area contributed by atoms with E-state index in [1.165, 1.54) is 6.20 Å².